The molecule has 0 aromatic heterocycles. The molecule has 0 aliphatic rings. The second kappa shape index (κ2) is 7.92. The van der Waals surface area contributed by atoms with Crippen molar-refractivity contribution in [1.29, 1.82) is 0 Å². The highest BCUT2D eigenvalue weighted by Gasteiger charge is 1.99. The first kappa shape index (κ1) is 14.9. The van der Waals surface area contributed by atoms with Crippen LogP contribution in [-0.4, -0.2) is 6.61 Å². The highest BCUT2D eigenvalue weighted by Crippen LogP contribution is 2.21. The molecule has 0 aliphatic carbocycles. The highest BCUT2D eigenvalue weighted by molar-refractivity contribution is 9.10. The van der Waals surface area contributed by atoms with Crippen molar-refractivity contribution >= 4 is 27.3 Å². The summed E-state index contributed by atoms with van der Waals surface area (Å²) >= 11 is 3.50. The molecule has 106 valence electrons. The van der Waals surface area contributed by atoms with E-state index in [4.69, 9.17) is 4.74 Å². The normalized spacial score (nSPS) is 10.3. The molecule has 0 spiro atoms. The number of nitrogens with one attached hydrogen (secondary N) is 2. The van der Waals surface area contributed by atoms with Crippen LogP contribution in [0.2, 0.25) is 0 Å². The third-order valence-electron chi connectivity index (χ3n) is 2.76. The van der Waals surface area contributed by atoms with Gasteiger partial charge in [0.25, 0.3) is 0 Å². The van der Waals surface area contributed by atoms with Crippen LogP contribution < -0.4 is 10.9 Å². The number of ether oxygens (including phenoxy) is 1. The van der Waals surface area contributed by atoms with E-state index < -0.39 is 0 Å². The van der Waals surface area contributed by atoms with Gasteiger partial charge in [-0.05, 0) is 52.2 Å². The van der Waals surface area contributed by atoms with Gasteiger partial charge in [-0.1, -0.05) is 31.2 Å². The van der Waals surface area contributed by atoms with E-state index in [9.17, 15) is 0 Å². The van der Waals surface area contributed by atoms with Gasteiger partial charge in [-0.25, -0.2) is 0 Å². The van der Waals surface area contributed by atoms with Gasteiger partial charge in [0, 0.05) is 11.1 Å². The van der Waals surface area contributed by atoms with E-state index in [0.717, 1.165) is 34.4 Å². The molecule has 2 aromatic rings. The molecule has 0 heterocycles. The lowest BCUT2D eigenvalue weighted by atomic mass is 10.2. The standard InChI is InChI=1S/C16H19BrN2O/c1-2-10-20-12-13-6-5-7-14(11-13)18-19-16-9-4-3-8-15(16)17/h3-9,11,18-19H,2,10,12H2,1H3. The summed E-state index contributed by atoms with van der Waals surface area (Å²) in [7, 11) is 0. The molecule has 0 saturated heterocycles. The summed E-state index contributed by atoms with van der Waals surface area (Å²) in [4.78, 5) is 0. The van der Waals surface area contributed by atoms with Crippen molar-refractivity contribution in [2.75, 3.05) is 17.5 Å². The van der Waals surface area contributed by atoms with Gasteiger partial charge >= 0.3 is 0 Å². The maximum Gasteiger partial charge on any atom is 0.0717 e. The first-order chi connectivity index (χ1) is 9.79. The zero-order chi connectivity index (χ0) is 14.2. The van der Waals surface area contributed by atoms with Gasteiger partial charge in [0.05, 0.1) is 18.0 Å². The minimum Gasteiger partial charge on any atom is -0.377 e. The Morgan fingerprint density at radius 3 is 2.70 bits per heavy atom. The van der Waals surface area contributed by atoms with Crippen LogP contribution in [-0.2, 0) is 11.3 Å². The Morgan fingerprint density at radius 1 is 1.05 bits per heavy atom. The van der Waals surface area contributed by atoms with Gasteiger partial charge in [-0.3, -0.25) is 5.43 Å². The number of halogens is 1. The van der Waals surface area contributed by atoms with E-state index in [0.29, 0.717) is 6.61 Å². The number of anilines is 2. The van der Waals surface area contributed by atoms with Gasteiger partial charge in [0.2, 0.25) is 0 Å². The van der Waals surface area contributed by atoms with E-state index in [1.165, 1.54) is 0 Å². The lowest BCUT2D eigenvalue weighted by Crippen LogP contribution is -2.09. The van der Waals surface area contributed by atoms with E-state index in [-0.39, 0.29) is 0 Å². The van der Waals surface area contributed by atoms with Crippen molar-refractivity contribution in [3.05, 3.63) is 58.6 Å². The molecule has 0 radical (unpaired) electrons. The van der Waals surface area contributed by atoms with E-state index in [1.54, 1.807) is 0 Å². The van der Waals surface area contributed by atoms with Crippen molar-refractivity contribution in [2.45, 2.75) is 20.0 Å². The zero-order valence-electron chi connectivity index (χ0n) is 11.5. The Balaban J connectivity index is 1.93. The largest absolute Gasteiger partial charge is 0.377 e. The predicted octanol–water partition coefficient (Wildman–Crippen LogP) is 4.81. The fourth-order valence-electron chi connectivity index (χ4n) is 1.78. The summed E-state index contributed by atoms with van der Waals surface area (Å²) < 4.78 is 6.57. The smallest absolute Gasteiger partial charge is 0.0717 e. The van der Waals surface area contributed by atoms with Crippen molar-refractivity contribution in [3.63, 3.8) is 0 Å². The second-order valence-electron chi connectivity index (χ2n) is 4.48. The van der Waals surface area contributed by atoms with Gasteiger partial charge < -0.3 is 10.2 Å². The predicted molar refractivity (Wildman–Crippen MR) is 87.8 cm³/mol. The van der Waals surface area contributed by atoms with Crippen LogP contribution >= 0.6 is 15.9 Å². The molecule has 0 amide bonds. The maximum atomic E-state index is 5.55. The fraction of sp³-hybridized carbons (Fsp3) is 0.250. The first-order valence-electron chi connectivity index (χ1n) is 6.73. The van der Waals surface area contributed by atoms with Crippen LogP contribution in [0.1, 0.15) is 18.9 Å². The Labute approximate surface area is 128 Å². The van der Waals surface area contributed by atoms with Crippen LogP contribution in [0.25, 0.3) is 0 Å². The molecule has 0 fully saturated rings. The van der Waals surface area contributed by atoms with E-state index in [2.05, 4.69) is 45.8 Å². The van der Waals surface area contributed by atoms with Crippen LogP contribution in [0.15, 0.2) is 53.0 Å². The molecule has 20 heavy (non-hydrogen) atoms. The fourth-order valence-corrected chi connectivity index (χ4v) is 2.16. The minimum atomic E-state index is 0.651. The van der Waals surface area contributed by atoms with Gasteiger partial charge in [-0.2, -0.15) is 0 Å². The summed E-state index contributed by atoms with van der Waals surface area (Å²) in [5.41, 5.74) is 9.56. The van der Waals surface area contributed by atoms with Crippen molar-refractivity contribution < 1.29 is 4.74 Å². The van der Waals surface area contributed by atoms with Crippen LogP contribution in [0, 0.1) is 0 Å². The van der Waals surface area contributed by atoms with E-state index >= 15 is 0 Å². The average Bonchev–Trinajstić information content (AvgIpc) is 2.47. The number of para-hydroxylation sites is 1. The average molecular weight is 335 g/mol. The number of hydrogen-bond acceptors (Lipinski definition) is 3. The minimum absolute atomic E-state index is 0.651. The molecule has 0 atom stereocenters. The summed E-state index contributed by atoms with van der Waals surface area (Å²) in [6.07, 6.45) is 1.04. The van der Waals surface area contributed by atoms with Crippen molar-refractivity contribution in [3.8, 4) is 0 Å². The Bertz CT molecular complexity index is 546. The topological polar surface area (TPSA) is 33.3 Å². The van der Waals surface area contributed by atoms with Gasteiger partial charge in [-0.15, -0.1) is 0 Å². The molecule has 3 nitrogen and oxygen atoms in total. The molecule has 0 bridgehead atoms. The van der Waals surface area contributed by atoms with Gasteiger partial charge in [0.1, 0.15) is 0 Å². The summed E-state index contributed by atoms with van der Waals surface area (Å²) in [6, 6.07) is 16.2. The Kier molecular flexibility index (Phi) is 5.89. The summed E-state index contributed by atoms with van der Waals surface area (Å²) in [5, 5.41) is 0. The maximum absolute atomic E-state index is 5.55. The molecular formula is C16H19BrN2O. The number of benzene rings is 2. The number of hydrazine groups is 1. The molecular weight excluding hydrogens is 316 g/mol. The molecule has 4 heteroatoms. The van der Waals surface area contributed by atoms with Crippen molar-refractivity contribution in [1.82, 2.24) is 0 Å². The molecule has 2 aromatic carbocycles. The molecule has 2 rings (SSSR count). The molecule has 0 aliphatic heterocycles. The number of hydrogen-bond donors (Lipinski definition) is 2. The number of rotatable bonds is 7. The Hall–Kier alpha value is -1.52. The van der Waals surface area contributed by atoms with Gasteiger partial charge in [0.15, 0.2) is 0 Å². The zero-order valence-corrected chi connectivity index (χ0v) is 13.1. The van der Waals surface area contributed by atoms with Crippen molar-refractivity contribution in [2.24, 2.45) is 0 Å². The van der Waals surface area contributed by atoms with E-state index in [1.807, 2.05) is 36.4 Å². The third-order valence-corrected chi connectivity index (χ3v) is 3.45. The monoisotopic (exact) mass is 334 g/mol. The Morgan fingerprint density at radius 2 is 1.90 bits per heavy atom. The summed E-state index contributed by atoms with van der Waals surface area (Å²) in [5.74, 6) is 0. The molecule has 0 unspecified atom stereocenters. The van der Waals surface area contributed by atoms with Crippen LogP contribution in [0.5, 0.6) is 0 Å². The SMILES string of the molecule is CCCOCc1cccc(NNc2ccccc2Br)c1. The second-order valence-corrected chi connectivity index (χ2v) is 5.34. The van der Waals surface area contributed by atoms with Crippen LogP contribution in [0.3, 0.4) is 0 Å². The first-order valence-corrected chi connectivity index (χ1v) is 7.52. The highest BCUT2D eigenvalue weighted by atomic mass is 79.9. The third kappa shape index (κ3) is 4.54. The lowest BCUT2D eigenvalue weighted by molar-refractivity contribution is 0.121. The summed E-state index contributed by atoms with van der Waals surface area (Å²) in [6.45, 7) is 3.56. The lowest BCUT2D eigenvalue weighted by Gasteiger charge is -2.12. The van der Waals surface area contributed by atoms with Crippen LogP contribution in [0.4, 0.5) is 11.4 Å². The quantitative estimate of drug-likeness (QED) is 0.562. The molecule has 0 saturated carbocycles. The molecule has 2 N–H and O–H groups in total.